The molecule has 2 fully saturated rings. The first-order valence-corrected chi connectivity index (χ1v) is 6.22. The Balaban J connectivity index is 1.95. The SMILES string of the molecule is CNC1CC2CC2CN(CCN(C)C)C1=O. The highest BCUT2D eigenvalue weighted by molar-refractivity contribution is 5.82. The zero-order valence-electron chi connectivity index (χ0n) is 10.6. The van der Waals surface area contributed by atoms with E-state index in [-0.39, 0.29) is 6.04 Å². The molecule has 2 rings (SSSR count). The highest BCUT2D eigenvalue weighted by Crippen LogP contribution is 2.44. The standard InChI is InChI=1S/C12H23N3O/c1-13-11-7-9-6-10(9)8-15(12(11)16)5-4-14(2)3/h9-11,13H,4-8H2,1-3H3. The first-order chi connectivity index (χ1) is 7.61. The number of likely N-dealkylation sites (N-methyl/N-ethyl adjacent to an activating group) is 2. The molecule has 4 heteroatoms. The Morgan fingerprint density at radius 1 is 1.38 bits per heavy atom. The summed E-state index contributed by atoms with van der Waals surface area (Å²) in [6, 6.07) is 0.0552. The quantitative estimate of drug-likeness (QED) is 0.732. The van der Waals surface area contributed by atoms with E-state index in [4.69, 9.17) is 0 Å². The second-order valence-electron chi connectivity index (χ2n) is 5.42. The summed E-state index contributed by atoms with van der Waals surface area (Å²) in [6.07, 6.45) is 2.36. The number of fused-ring (bicyclic) bond motifs is 1. The minimum absolute atomic E-state index is 0.0552. The number of carbonyl (C=O) groups is 1. The minimum Gasteiger partial charge on any atom is -0.340 e. The molecule has 1 saturated heterocycles. The maximum absolute atomic E-state index is 12.2. The molecule has 0 spiro atoms. The zero-order valence-corrected chi connectivity index (χ0v) is 10.6. The van der Waals surface area contributed by atoms with Crippen LogP contribution in [0.4, 0.5) is 0 Å². The molecule has 0 aromatic carbocycles. The van der Waals surface area contributed by atoms with Crippen LogP contribution in [-0.4, -0.2) is 62.5 Å². The number of nitrogens with zero attached hydrogens (tertiary/aromatic N) is 2. The summed E-state index contributed by atoms with van der Waals surface area (Å²) in [6.45, 7) is 2.81. The Hall–Kier alpha value is -0.610. The Labute approximate surface area is 98.0 Å². The van der Waals surface area contributed by atoms with Gasteiger partial charge in [0, 0.05) is 19.6 Å². The molecule has 3 unspecified atom stereocenters. The van der Waals surface area contributed by atoms with Crippen molar-refractivity contribution in [3.05, 3.63) is 0 Å². The smallest absolute Gasteiger partial charge is 0.239 e. The number of hydrogen-bond donors (Lipinski definition) is 1. The normalized spacial score (nSPS) is 33.9. The van der Waals surface area contributed by atoms with Crippen molar-refractivity contribution in [1.82, 2.24) is 15.1 Å². The molecule has 16 heavy (non-hydrogen) atoms. The molecule has 1 aliphatic heterocycles. The Bertz CT molecular complexity index is 267. The summed E-state index contributed by atoms with van der Waals surface area (Å²) in [4.78, 5) is 16.4. The van der Waals surface area contributed by atoms with Gasteiger partial charge in [-0.15, -0.1) is 0 Å². The molecular formula is C12H23N3O. The molecule has 92 valence electrons. The van der Waals surface area contributed by atoms with Gasteiger partial charge in [-0.05, 0) is 45.8 Å². The van der Waals surface area contributed by atoms with Crippen LogP contribution in [0.2, 0.25) is 0 Å². The largest absolute Gasteiger partial charge is 0.340 e. The molecular weight excluding hydrogens is 202 g/mol. The predicted octanol–water partition coefficient (Wildman–Crippen LogP) is 0.00440. The van der Waals surface area contributed by atoms with Gasteiger partial charge in [-0.25, -0.2) is 0 Å². The molecule has 3 atom stereocenters. The fourth-order valence-electron chi connectivity index (χ4n) is 2.58. The van der Waals surface area contributed by atoms with Crippen LogP contribution in [0, 0.1) is 11.8 Å². The Morgan fingerprint density at radius 3 is 2.75 bits per heavy atom. The van der Waals surface area contributed by atoms with E-state index in [0.717, 1.165) is 37.9 Å². The van der Waals surface area contributed by atoms with Crippen LogP contribution in [0.3, 0.4) is 0 Å². The maximum atomic E-state index is 12.2. The van der Waals surface area contributed by atoms with E-state index in [9.17, 15) is 4.79 Å². The van der Waals surface area contributed by atoms with Gasteiger partial charge in [0.15, 0.2) is 0 Å². The summed E-state index contributed by atoms with van der Waals surface area (Å²) in [7, 11) is 6.00. The van der Waals surface area contributed by atoms with Gasteiger partial charge < -0.3 is 15.1 Å². The number of amides is 1. The van der Waals surface area contributed by atoms with E-state index >= 15 is 0 Å². The van der Waals surface area contributed by atoms with Crippen molar-refractivity contribution in [2.75, 3.05) is 40.8 Å². The van der Waals surface area contributed by atoms with E-state index in [0.29, 0.717) is 5.91 Å². The molecule has 1 heterocycles. The lowest BCUT2D eigenvalue weighted by Gasteiger charge is -2.26. The summed E-state index contributed by atoms with van der Waals surface area (Å²) in [5.41, 5.74) is 0. The van der Waals surface area contributed by atoms with E-state index in [1.54, 1.807) is 0 Å². The van der Waals surface area contributed by atoms with Crippen molar-refractivity contribution in [3.63, 3.8) is 0 Å². The lowest BCUT2D eigenvalue weighted by atomic mass is 10.1. The van der Waals surface area contributed by atoms with Gasteiger partial charge in [0.05, 0.1) is 6.04 Å². The summed E-state index contributed by atoms with van der Waals surface area (Å²) in [5.74, 6) is 1.88. The molecule has 1 amide bonds. The molecule has 1 N–H and O–H groups in total. The van der Waals surface area contributed by atoms with Crippen LogP contribution >= 0.6 is 0 Å². The van der Waals surface area contributed by atoms with Crippen LogP contribution < -0.4 is 5.32 Å². The van der Waals surface area contributed by atoms with E-state index in [1.165, 1.54) is 6.42 Å². The van der Waals surface area contributed by atoms with Crippen LogP contribution in [0.1, 0.15) is 12.8 Å². The lowest BCUT2D eigenvalue weighted by molar-refractivity contribution is -0.133. The van der Waals surface area contributed by atoms with Crippen LogP contribution in [0.25, 0.3) is 0 Å². The summed E-state index contributed by atoms with van der Waals surface area (Å²) < 4.78 is 0. The Kier molecular flexibility index (Phi) is 3.50. The van der Waals surface area contributed by atoms with Crippen molar-refractivity contribution >= 4 is 5.91 Å². The fourth-order valence-corrected chi connectivity index (χ4v) is 2.58. The van der Waals surface area contributed by atoms with Crippen LogP contribution in [0.5, 0.6) is 0 Å². The van der Waals surface area contributed by atoms with Gasteiger partial charge in [-0.1, -0.05) is 0 Å². The van der Waals surface area contributed by atoms with Crippen molar-refractivity contribution in [2.24, 2.45) is 11.8 Å². The number of rotatable bonds is 4. The maximum Gasteiger partial charge on any atom is 0.239 e. The van der Waals surface area contributed by atoms with Gasteiger partial charge in [-0.2, -0.15) is 0 Å². The number of carbonyl (C=O) groups excluding carboxylic acids is 1. The molecule has 0 radical (unpaired) electrons. The second-order valence-corrected chi connectivity index (χ2v) is 5.42. The number of likely N-dealkylation sites (tertiary alicyclic amines) is 1. The van der Waals surface area contributed by atoms with Gasteiger partial charge in [-0.3, -0.25) is 4.79 Å². The van der Waals surface area contributed by atoms with Crippen molar-refractivity contribution in [1.29, 1.82) is 0 Å². The molecule has 0 aromatic rings. The summed E-state index contributed by atoms with van der Waals surface area (Å²) in [5, 5.41) is 3.16. The predicted molar refractivity (Wildman–Crippen MR) is 64.2 cm³/mol. The molecule has 0 bridgehead atoms. The molecule has 4 nitrogen and oxygen atoms in total. The van der Waals surface area contributed by atoms with Crippen molar-refractivity contribution < 1.29 is 4.79 Å². The first-order valence-electron chi connectivity index (χ1n) is 6.22. The van der Waals surface area contributed by atoms with Gasteiger partial charge >= 0.3 is 0 Å². The third kappa shape index (κ3) is 2.55. The van der Waals surface area contributed by atoms with E-state index < -0.39 is 0 Å². The second kappa shape index (κ2) is 4.72. The molecule has 0 aromatic heterocycles. The van der Waals surface area contributed by atoms with Gasteiger partial charge in [0.1, 0.15) is 0 Å². The number of hydrogen-bond acceptors (Lipinski definition) is 3. The Morgan fingerprint density at radius 2 is 2.12 bits per heavy atom. The van der Waals surface area contributed by atoms with E-state index in [2.05, 4.69) is 29.2 Å². The first kappa shape index (κ1) is 11.9. The zero-order chi connectivity index (χ0) is 11.7. The lowest BCUT2D eigenvalue weighted by Crippen LogP contribution is -2.46. The topological polar surface area (TPSA) is 35.6 Å². The van der Waals surface area contributed by atoms with Crippen LogP contribution in [-0.2, 0) is 4.79 Å². The molecule has 1 aliphatic carbocycles. The van der Waals surface area contributed by atoms with Gasteiger partial charge in [0.25, 0.3) is 0 Å². The highest BCUT2D eigenvalue weighted by atomic mass is 16.2. The minimum atomic E-state index is 0.0552. The average Bonchev–Trinajstić information content (AvgIpc) is 2.97. The summed E-state index contributed by atoms with van der Waals surface area (Å²) >= 11 is 0. The monoisotopic (exact) mass is 225 g/mol. The average molecular weight is 225 g/mol. The third-order valence-corrected chi connectivity index (χ3v) is 3.84. The van der Waals surface area contributed by atoms with Crippen molar-refractivity contribution in [2.45, 2.75) is 18.9 Å². The third-order valence-electron chi connectivity index (χ3n) is 3.84. The van der Waals surface area contributed by atoms with Crippen LogP contribution in [0.15, 0.2) is 0 Å². The molecule has 1 saturated carbocycles. The van der Waals surface area contributed by atoms with E-state index in [1.807, 2.05) is 7.05 Å². The molecule has 2 aliphatic rings. The number of nitrogens with one attached hydrogen (secondary N) is 1. The fraction of sp³-hybridized carbons (Fsp3) is 0.917. The van der Waals surface area contributed by atoms with Gasteiger partial charge in [0.2, 0.25) is 5.91 Å². The van der Waals surface area contributed by atoms with Crippen molar-refractivity contribution in [3.8, 4) is 0 Å². The highest BCUT2D eigenvalue weighted by Gasteiger charge is 2.45.